The van der Waals surface area contributed by atoms with Crippen LogP contribution in [-0.4, -0.2) is 18.0 Å². The number of benzene rings is 1. The first-order valence-corrected chi connectivity index (χ1v) is 7.33. The van der Waals surface area contributed by atoms with Crippen molar-refractivity contribution < 1.29 is 0 Å². The Bertz CT molecular complexity index is 409. The molecule has 2 atom stereocenters. The van der Waals surface area contributed by atoms with Crippen LogP contribution in [-0.2, 0) is 0 Å². The second kappa shape index (κ2) is 5.02. The molecule has 2 N–H and O–H groups in total. The van der Waals surface area contributed by atoms with Crippen molar-refractivity contribution in [3.05, 3.63) is 35.4 Å². The largest absolute Gasteiger partial charge is 0.324 e. The summed E-state index contributed by atoms with van der Waals surface area (Å²) in [6.07, 6.45) is 8.04. The van der Waals surface area contributed by atoms with Gasteiger partial charge in [0.05, 0.1) is 0 Å². The molecule has 0 radical (unpaired) electrons. The van der Waals surface area contributed by atoms with Gasteiger partial charge in [0.15, 0.2) is 0 Å². The monoisotopic (exact) mass is 244 g/mol. The Morgan fingerprint density at radius 2 is 1.72 bits per heavy atom. The molecule has 18 heavy (non-hydrogen) atoms. The van der Waals surface area contributed by atoms with Crippen molar-refractivity contribution in [3.8, 4) is 0 Å². The Kier molecular flexibility index (Phi) is 3.40. The lowest BCUT2D eigenvalue weighted by Gasteiger charge is -2.36. The predicted octanol–water partition coefficient (Wildman–Crippen LogP) is 3.40. The van der Waals surface area contributed by atoms with Crippen LogP contribution in [0.3, 0.4) is 0 Å². The summed E-state index contributed by atoms with van der Waals surface area (Å²) in [5.41, 5.74) is 9.11. The lowest BCUT2D eigenvalue weighted by molar-refractivity contribution is 0.134. The second-order valence-corrected chi connectivity index (χ2v) is 5.94. The average molecular weight is 244 g/mol. The summed E-state index contributed by atoms with van der Waals surface area (Å²) >= 11 is 0. The van der Waals surface area contributed by atoms with Gasteiger partial charge >= 0.3 is 0 Å². The first kappa shape index (κ1) is 12.2. The van der Waals surface area contributed by atoms with E-state index < -0.39 is 0 Å². The number of nitrogens with zero attached hydrogens (tertiary/aromatic N) is 1. The van der Waals surface area contributed by atoms with Crippen molar-refractivity contribution in [2.24, 2.45) is 5.73 Å². The molecule has 0 aliphatic heterocycles. The van der Waals surface area contributed by atoms with Crippen molar-refractivity contribution in [2.75, 3.05) is 7.05 Å². The van der Waals surface area contributed by atoms with Crippen LogP contribution in [0.25, 0.3) is 0 Å². The number of fused-ring (bicyclic) bond motifs is 1. The molecule has 2 aliphatic rings. The third kappa shape index (κ3) is 2.08. The first-order valence-electron chi connectivity index (χ1n) is 7.33. The smallest absolute Gasteiger partial charge is 0.0369 e. The van der Waals surface area contributed by atoms with Crippen molar-refractivity contribution in [1.82, 2.24) is 4.90 Å². The second-order valence-electron chi connectivity index (χ2n) is 5.94. The van der Waals surface area contributed by atoms with Gasteiger partial charge in [0.2, 0.25) is 0 Å². The molecule has 0 spiro atoms. The molecule has 3 rings (SSSR count). The SMILES string of the molecule is CN(C1CCCCC1)C1CC(N)c2ccccc21. The van der Waals surface area contributed by atoms with E-state index in [9.17, 15) is 0 Å². The molecule has 2 aliphatic carbocycles. The molecule has 1 aromatic carbocycles. The van der Waals surface area contributed by atoms with Crippen LogP contribution < -0.4 is 5.73 Å². The van der Waals surface area contributed by atoms with Gasteiger partial charge in [-0.25, -0.2) is 0 Å². The molecule has 2 nitrogen and oxygen atoms in total. The molecule has 1 aromatic rings. The van der Waals surface area contributed by atoms with Crippen LogP contribution in [0, 0.1) is 0 Å². The summed E-state index contributed by atoms with van der Waals surface area (Å²) in [6.45, 7) is 0. The van der Waals surface area contributed by atoms with Crippen LogP contribution in [0.2, 0.25) is 0 Å². The van der Waals surface area contributed by atoms with Crippen LogP contribution in [0.15, 0.2) is 24.3 Å². The van der Waals surface area contributed by atoms with Crippen LogP contribution in [0.4, 0.5) is 0 Å². The van der Waals surface area contributed by atoms with Gasteiger partial charge < -0.3 is 5.73 Å². The van der Waals surface area contributed by atoms with E-state index >= 15 is 0 Å². The number of hydrogen-bond donors (Lipinski definition) is 1. The van der Waals surface area contributed by atoms with E-state index in [1.54, 1.807) is 0 Å². The fourth-order valence-electron chi connectivity index (χ4n) is 3.77. The highest BCUT2D eigenvalue weighted by atomic mass is 15.2. The molecule has 1 saturated carbocycles. The minimum atomic E-state index is 0.234. The van der Waals surface area contributed by atoms with Gasteiger partial charge in [-0.2, -0.15) is 0 Å². The maximum absolute atomic E-state index is 6.28. The molecule has 1 fully saturated rings. The Labute approximate surface area is 110 Å². The van der Waals surface area contributed by atoms with E-state index in [0.29, 0.717) is 6.04 Å². The summed E-state index contributed by atoms with van der Waals surface area (Å²) < 4.78 is 0. The van der Waals surface area contributed by atoms with Crippen molar-refractivity contribution in [2.45, 2.75) is 56.7 Å². The molecule has 0 heterocycles. The number of nitrogens with two attached hydrogens (primary N) is 1. The maximum Gasteiger partial charge on any atom is 0.0369 e. The third-order valence-electron chi connectivity index (χ3n) is 4.87. The normalized spacial score (nSPS) is 28.6. The van der Waals surface area contributed by atoms with Crippen molar-refractivity contribution in [3.63, 3.8) is 0 Å². The topological polar surface area (TPSA) is 29.3 Å². The lowest BCUT2D eigenvalue weighted by atomic mass is 9.92. The van der Waals surface area contributed by atoms with Gasteiger partial charge in [-0.3, -0.25) is 4.90 Å². The first-order chi connectivity index (χ1) is 8.77. The lowest BCUT2D eigenvalue weighted by Crippen LogP contribution is -2.36. The van der Waals surface area contributed by atoms with Crippen LogP contribution in [0.1, 0.15) is 61.7 Å². The van der Waals surface area contributed by atoms with Gasteiger partial charge in [-0.05, 0) is 37.4 Å². The van der Waals surface area contributed by atoms with E-state index in [-0.39, 0.29) is 6.04 Å². The zero-order chi connectivity index (χ0) is 12.5. The van der Waals surface area contributed by atoms with Crippen LogP contribution >= 0.6 is 0 Å². The van der Waals surface area contributed by atoms with Crippen molar-refractivity contribution >= 4 is 0 Å². The summed E-state index contributed by atoms with van der Waals surface area (Å²) in [4.78, 5) is 2.60. The molecule has 2 heteroatoms. The van der Waals surface area contributed by atoms with Crippen molar-refractivity contribution in [1.29, 1.82) is 0 Å². The van der Waals surface area contributed by atoms with Crippen LogP contribution in [0.5, 0.6) is 0 Å². The standard InChI is InChI=1S/C16H24N2/c1-18(12-7-3-2-4-8-12)16-11-15(17)13-9-5-6-10-14(13)16/h5-6,9-10,12,15-16H,2-4,7-8,11,17H2,1H3. The Hall–Kier alpha value is -0.860. The molecule has 0 bridgehead atoms. The molecule has 0 saturated heterocycles. The molecular weight excluding hydrogens is 220 g/mol. The third-order valence-corrected chi connectivity index (χ3v) is 4.87. The van der Waals surface area contributed by atoms with E-state index in [1.165, 1.54) is 43.2 Å². The highest BCUT2D eigenvalue weighted by Crippen LogP contribution is 2.42. The zero-order valence-corrected chi connectivity index (χ0v) is 11.3. The highest BCUT2D eigenvalue weighted by molar-refractivity contribution is 5.37. The summed E-state index contributed by atoms with van der Waals surface area (Å²) in [5.74, 6) is 0. The Morgan fingerprint density at radius 1 is 1.06 bits per heavy atom. The predicted molar refractivity (Wildman–Crippen MR) is 75.4 cm³/mol. The van der Waals surface area contributed by atoms with E-state index in [4.69, 9.17) is 5.73 Å². The minimum absolute atomic E-state index is 0.234. The summed E-state index contributed by atoms with van der Waals surface area (Å²) in [5, 5.41) is 0. The number of rotatable bonds is 2. The average Bonchev–Trinajstić information content (AvgIpc) is 2.77. The quantitative estimate of drug-likeness (QED) is 0.864. The zero-order valence-electron chi connectivity index (χ0n) is 11.3. The van der Waals surface area contributed by atoms with Gasteiger partial charge in [0.1, 0.15) is 0 Å². The molecule has 0 amide bonds. The van der Waals surface area contributed by atoms with Gasteiger partial charge in [0.25, 0.3) is 0 Å². The molecule has 0 aromatic heterocycles. The Morgan fingerprint density at radius 3 is 2.44 bits per heavy atom. The van der Waals surface area contributed by atoms with E-state index in [0.717, 1.165) is 12.5 Å². The fraction of sp³-hybridized carbons (Fsp3) is 0.625. The molecule has 2 unspecified atom stereocenters. The van der Waals surface area contributed by atoms with Gasteiger partial charge in [-0.1, -0.05) is 43.5 Å². The van der Waals surface area contributed by atoms with Gasteiger partial charge in [0, 0.05) is 18.1 Å². The summed E-state index contributed by atoms with van der Waals surface area (Å²) in [6, 6.07) is 10.3. The summed E-state index contributed by atoms with van der Waals surface area (Å²) in [7, 11) is 2.30. The van der Waals surface area contributed by atoms with E-state index in [1.807, 2.05) is 0 Å². The highest BCUT2D eigenvalue weighted by Gasteiger charge is 2.33. The van der Waals surface area contributed by atoms with Gasteiger partial charge in [-0.15, -0.1) is 0 Å². The van der Waals surface area contributed by atoms with E-state index in [2.05, 4.69) is 36.2 Å². The molecule has 98 valence electrons. The molecular formula is C16H24N2. The Balaban J connectivity index is 1.81. The fourth-order valence-corrected chi connectivity index (χ4v) is 3.77. The maximum atomic E-state index is 6.28. The minimum Gasteiger partial charge on any atom is -0.324 e. The number of hydrogen-bond acceptors (Lipinski definition) is 2.